The van der Waals surface area contributed by atoms with Crippen LogP contribution in [-0.4, -0.2) is 31.3 Å². The van der Waals surface area contributed by atoms with Crippen molar-refractivity contribution in [2.45, 2.75) is 18.6 Å². The summed E-state index contributed by atoms with van der Waals surface area (Å²) in [4.78, 5) is 13.4. The Bertz CT molecular complexity index is 452. The summed E-state index contributed by atoms with van der Waals surface area (Å²) < 4.78 is 18.5. The van der Waals surface area contributed by atoms with Crippen molar-refractivity contribution in [2.75, 3.05) is 18.0 Å². The number of anilines is 1. The number of nitrogens with one attached hydrogen (secondary N) is 1. The first-order chi connectivity index (χ1) is 8.25. The summed E-state index contributed by atoms with van der Waals surface area (Å²) in [6.45, 7) is 1.52. The van der Waals surface area contributed by atoms with Crippen LogP contribution in [0.4, 0.5) is 14.9 Å². The molecule has 90 valence electrons. The first-order valence-electron chi connectivity index (χ1n) is 5.72. The highest BCUT2D eigenvalue weighted by atomic mass is 19.1. The van der Waals surface area contributed by atoms with Gasteiger partial charge in [0.15, 0.2) is 0 Å². The zero-order valence-electron chi connectivity index (χ0n) is 9.23. The van der Waals surface area contributed by atoms with E-state index in [0.29, 0.717) is 12.2 Å². The monoisotopic (exact) mass is 236 g/mol. The predicted molar refractivity (Wildman–Crippen MR) is 60.4 cm³/mol. The maximum atomic E-state index is 13.2. The third-order valence-electron chi connectivity index (χ3n) is 3.26. The fraction of sp³-hybridized carbons (Fsp3) is 0.417. The molecule has 2 saturated heterocycles. The van der Waals surface area contributed by atoms with Crippen molar-refractivity contribution >= 4 is 11.8 Å². The second kappa shape index (κ2) is 4.00. The number of halogens is 1. The minimum absolute atomic E-state index is 0.0190. The van der Waals surface area contributed by atoms with Crippen LogP contribution in [0.1, 0.15) is 6.42 Å². The van der Waals surface area contributed by atoms with Gasteiger partial charge in [0.25, 0.3) is 0 Å². The van der Waals surface area contributed by atoms with Crippen LogP contribution in [0.5, 0.6) is 0 Å². The fourth-order valence-corrected chi connectivity index (χ4v) is 2.48. The van der Waals surface area contributed by atoms with Gasteiger partial charge in [-0.1, -0.05) is 6.07 Å². The van der Waals surface area contributed by atoms with Crippen LogP contribution in [0.2, 0.25) is 0 Å². The van der Waals surface area contributed by atoms with Crippen LogP contribution in [0, 0.1) is 5.82 Å². The lowest BCUT2D eigenvalue weighted by molar-refractivity contribution is 0.121. The van der Waals surface area contributed by atoms with Crippen molar-refractivity contribution < 1.29 is 13.9 Å². The molecular weight excluding hydrogens is 223 g/mol. The van der Waals surface area contributed by atoms with Gasteiger partial charge in [0.1, 0.15) is 11.9 Å². The molecule has 2 atom stereocenters. The van der Waals surface area contributed by atoms with E-state index >= 15 is 0 Å². The molecule has 2 aliphatic heterocycles. The molecule has 1 N–H and O–H groups in total. The van der Waals surface area contributed by atoms with Crippen molar-refractivity contribution in [3.05, 3.63) is 30.1 Å². The van der Waals surface area contributed by atoms with Crippen molar-refractivity contribution in [3.8, 4) is 0 Å². The standard InChI is InChI=1S/C12H13FN2O2/c13-8-2-1-3-9(6-8)15-10-4-5-14-7-11(10)17-12(15)16/h1-3,6,10-11,14H,4-5,7H2. The number of amides is 1. The molecule has 1 aromatic rings. The Kier molecular flexibility index (Phi) is 2.48. The Balaban J connectivity index is 1.93. The van der Waals surface area contributed by atoms with Crippen LogP contribution in [0.25, 0.3) is 0 Å². The van der Waals surface area contributed by atoms with E-state index in [1.165, 1.54) is 12.1 Å². The average Bonchev–Trinajstić information content (AvgIpc) is 2.64. The molecule has 0 aliphatic carbocycles. The van der Waals surface area contributed by atoms with Gasteiger partial charge in [-0.05, 0) is 31.2 Å². The van der Waals surface area contributed by atoms with Crippen molar-refractivity contribution in [2.24, 2.45) is 0 Å². The molecule has 2 heterocycles. The van der Waals surface area contributed by atoms with Crippen molar-refractivity contribution in [3.63, 3.8) is 0 Å². The molecule has 0 radical (unpaired) electrons. The molecule has 0 bridgehead atoms. The first kappa shape index (κ1) is 10.5. The number of rotatable bonds is 1. The molecule has 0 aromatic heterocycles. The highest BCUT2D eigenvalue weighted by molar-refractivity contribution is 5.90. The van der Waals surface area contributed by atoms with Gasteiger partial charge in [0, 0.05) is 6.54 Å². The fourth-order valence-electron chi connectivity index (χ4n) is 2.48. The Labute approximate surface area is 98.4 Å². The van der Waals surface area contributed by atoms with E-state index < -0.39 is 0 Å². The van der Waals surface area contributed by atoms with E-state index in [9.17, 15) is 9.18 Å². The van der Waals surface area contributed by atoms with E-state index in [0.717, 1.165) is 13.0 Å². The average molecular weight is 236 g/mol. The molecule has 17 heavy (non-hydrogen) atoms. The number of benzene rings is 1. The minimum Gasteiger partial charge on any atom is -0.442 e. The largest absolute Gasteiger partial charge is 0.442 e. The number of piperidine rings is 1. The van der Waals surface area contributed by atoms with Crippen LogP contribution >= 0.6 is 0 Å². The number of hydrogen-bond acceptors (Lipinski definition) is 3. The Morgan fingerprint density at radius 2 is 2.35 bits per heavy atom. The number of nitrogens with zero attached hydrogens (tertiary/aromatic N) is 1. The lowest BCUT2D eigenvalue weighted by Crippen LogP contribution is -2.47. The van der Waals surface area contributed by atoms with Crippen LogP contribution in [0.3, 0.4) is 0 Å². The highest BCUT2D eigenvalue weighted by Gasteiger charge is 2.43. The van der Waals surface area contributed by atoms with Gasteiger partial charge in [0.2, 0.25) is 0 Å². The Morgan fingerprint density at radius 1 is 1.47 bits per heavy atom. The zero-order chi connectivity index (χ0) is 11.8. The van der Waals surface area contributed by atoms with Gasteiger partial charge in [-0.25, -0.2) is 9.18 Å². The number of carbonyl (C=O) groups excluding carboxylic acids is 1. The topological polar surface area (TPSA) is 41.6 Å². The molecule has 1 amide bonds. The number of carbonyl (C=O) groups is 1. The molecule has 0 spiro atoms. The molecule has 3 rings (SSSR count). The molecule has 1 aromatic carbocycles. The number of hydrogen-bond donors (Lipinski definition) is 1. The summed E-state index contributed by atoms with van der Waals surface area (Å²) in [5.74, 6) is -0.340. The molecule has 2 fully saturated rings. The zero-order valence-corrected chi connectivity index (χ0v) is 9.23. The number of ether oxygens (including phenoxy) is 1. The van der Waals surface area contributed by atoms with Crippen LogP contribution in [0.15, 0.2) is 24.3 Å². The van der Waals surface area contributed by atoms with Gasteiger partial charge in [-0.3, -0.25) is 4.90 Å². The maximum absolute atomic E-state index is 13.2. The van der Waals surface area contributed by atoms with Crippen molar-refractivity contribution in [1.82, 2.24) is 5.32 Å². The second-order valence-corrected chi connectivity index (χ2v) is 4.33. The molecule has 5 heteroatoms. The summed E-state index contributed by atoms with van der Waals surface area (Å²) in [6.07, 6.45) is 0.321. The maximum Gasteiger partial charge on any atom is 0.415 e. The van der Waals surface area contributed by atoms with Crippen molar-refractivity contribution in [1.29, 1.82) is 0 Å². The lowest BCUT2D eigenvalue weighted by atomic mass is 10.0. The molecule has 0 saturated carbocycles. The lowest BCUT2D eigenvalue weighted by Gasteiger charge is -2.28. The van der Waals surface area contributed by atoms with Crippen LogP contribution in [-0.2, 0) is 4.74 Å². The number of fused-ring (bicyclic) bond motifs is 1. The summed E-state index contributed by atoms with van der Waals surface area (Å²) >= 11 is 0. The third-order valence-corrected chi connectivity index (χ3v) is 3.26. The Morgan fingerprint density at radius 3 is 3.18 bits per heavy atom. The SMILES string of the molecule is O=C1OC2CNCCC2N1c1cccc(F)c1. The normalized spacial score (nSPS) is 27.8. The molecule has 2 aliphatic rings. The quantitative estimate of drug-likeness (QED) is 0.803. The third kappa shape index (κ3) is 1.76. The van der Waals surface area contributed by atoms with E-state index in [1.807, 2.05) is 0 Å². The Hall–Kier alpha value is -1.62. The predicted octanol–water partition coefficient (Wildman–Crippen LogP) is 1.51. The summed E-state index contributed by atoms with van der Waals surface area (Å²) in [6, 6.07) is 6.09. The van der Waals surface area contributed by atoms with Crippen LogP contribution < -0.4 is 10.2 Å². The smallest absolute Gasteiger partial charge is 0.415 e. The van der Waals surface area contributed by atoms with Gasteiger partial charge < -0.3 is 10.1 Å². The first-order valence-corrected chi connectivity index (χ1v) is 5.72. The van der Waals surface area contributed by atoms with Gasteiger partial charge in [-0.2, -0.15) is 0 Å². The summed E-state index contributed by atoms with van der Waals surface area (Å²) in [7, 11) is 0. The molecular formula is C12H13FN2O2. The molecule has 2 unspecified atom stereocenters. The van der Waals surface area contributed by atoms with E-state index in [2.05, 4.69) is 5.32 Å². The second-order valence-electron chi connectivity index (χ2n) is 4.33. The minimum atomic E-state index is -0.380. The summed E-state index contributed by atoms with van der Waals surface area (Å²) in [5, 5.41) is 3.18. The van der Waals surface area contributed by atoms with Gasteiger partial charge in [-0.15, -0.1) is 0 Å². The van der Waals surface area contributed by atoms with E-state index in [4.69, 9.17) is 4.74 Å². The molecule has 4 nitrogen and oxygen atoms in total. The van der Waals surface area contributed by atoms with E-state index in [-0.39, 0.29) is 24.1 Å². The van der Waals surface area contributed by atoms with Gasteiger partial charge >= 0.3 is 6.09 Å². The highest BCUT2D eigenvalue weighted by Crippen LogP contribution is 2.30. The van der Waals surface area contributed by atoms with Gasteiger partial charge in [0.05, 0.1) is 11.7 Å². The van der Waals surface area contributed by atoms with E-state index in [1.54, 1.807) is 17.0 Å². The summed E-state index contributed by atoms with van der Waals surface area (Å²) in [5.41, 5.74) is 0.574.